The predicted octanol–water partition coefficient (Wildman–Crippen LogP) is 2.02. The van der Waals surface area contributed by atoms with E-state index in [2.05, 4.69) is 4.98 Å². The van der Waals surface area contributed by atoms with E-state index in [1.807, 2.05) is 22.6 Å². The van der Waals surface area contributed by atoms with Gasteiger partial charge in [0, 0.05) is 51.6 Å². The molecule has 6 nitrogen and oxygen atoms in total. The molecule has 1 amide bonds. The number of aliphatic hydroxyl groups is 1. The van der Waals surface area contributed by atoms with Gasteiger partial charge in [0.1, 0.15) is 0 Å². The maximum absolute atomic E-state index is 13.3. The lowest BCUT2D eigenvalue weighted by molar-refractivity contribution is -0.0494. The van der Waals surface area contributed by atoms with Gasteiger partial charge in [0.15, 0.2) is 0 Å². The van der Waals surface area contributed by atoms with E-state index in [1.165, 1.54) is 4.90 Å². The topological polar surface area (TPSA) is 61.6 Å². The Hall–Kier alpha value is -2.22. The normalized spacial score (nSPS) is 23.0. The fraction of sp³-hybridized carbons (Fsp3) is 0.556. The van der Waals surface area contributed by atoms with Gasteiger partial charge in [-0.25, -0.2) is 13.8 Å². The number of benzene rings is 1. The fourth-order valence-corrected chi connectivity index (χ4v) is 3.75. The van der Waals surface area contributed by atoms with Crippen LogP contribution in [0.1, 0.15) is 29.6 Å². The van der Waals surface area contributed by atoms with Gasteiger partial charge in [-0.1, -0.05) is 0 Å². The number of halogens is 2. The predicted molar refractivity (Wildman–Crippen MR) is 93.6 cm³/mol. The van der Waals surface area contributed by atoms with Crippen LogP contribution in [-0.4, -0.2) is 63.7 Å². The van der Waals surface area contributed by atoms with Crippen LogP contribution in [0.2, 0.25) is 0 Å². The zero-order chi connectivity index (χ0) is 18.5. The number of β-amino-alcohol motifs (C(OH)–C–C–N with tert-alkyl or cyclic N) is 1. The highest BCUT2D eigenvalue weighted by atomic mass is 19.3. The minimum absolute atomic E-state index is 0.0724. The Kier molecular flexibility index (Phi) is 4.10. The summed E-state index contributed by atoms with van der Waals surface area (Å²) in [5, 5.41) is 9.74. The van der Waals surface area contributed by atoms with Gasteiger partial charge in [-0.2, -0.15) is 0 Å². The summed E-state index contributed by atoms with van der Waals surface area (Å²) in [5.74, 6) is -2.14. The molecule has 0 unspecified atom stereocenters. The van der Waals surface area contributed by atoms with E-state index < -0.39 is 5.92 Å². The van der Waals surface area contributed by atoms with Crippen LogP contribution in [0.3, 0.4) is 0 Å². The maximum atomic E-state index is 13.3. The number of carbonyl (C=O) groups is 1. The van der Waals surface area contributed by atoms with Crippen molar-refractivity contribution < 1.29 is 18.7 Å². The molecule has 0 aliphatic carbocycles. The number of anilines is 1. The van der Waals surface area contributed by atoms with Crippen molar-refractivity contribution in [3.63, 3.8) is 0 Å². The van der Waals surface area contributed by atoms with Gasteiger partial charge in [0.25, 0.3) is 11.8 Å². The van der Waals surface area contributed by atoms with Crippen LogP contribution in [0.15, 0.2) is 18.2 Å². The first-order chi connectivity index (χ1) is 12.3. The van der Waals surface area contributed by atoms with Gasteiger partial charge in [0.05, 0.1) is 17.1 Å². The quantitative estimate of drug-likeness (QED) is 0.886. The third kappa shape index (κ3) is 3.02. The summed E-state index contributed by atoms with van der Waals surface area (Å²) in [7, 11) is 1.91. The lowest BCUT2D eigenvalue weighted by Gasteiger charge is -2.31. The van der Waals surface area contributed by atoms with Gasteiger partial charge in [-0.15, -0.1) is 0 Å². The molecule has 2 aliphatic rings. The summed E-state index contributed by atoms with van der Waals surface area (Å²) in [5.41, 5.74) is 2.05. The van der Waals surface area contributed by atoms with Gasteiger partial charge in [0.2, 0.25) is 5.95 Å². The Labute approximate surface area is 150 Å². The molecule has 26 heavy (non-hydrogen) atoms. The van der Waals surface area contributed by atoms with Crippen molar-refractivity contribution in [2.24, 2.45) is 7.05 Å². The van der Waals surface area contributed by atoms with Gasteiger partial charge in [-0.05, 0) is 24.6 Å². The summed E-state index contributed by atoms with van der Waals surface area (Å²) in [6.45, 7) is 1.43. The number of fused-ring (bicyclic) bond motifs is 1. The molecule has 1 N–H and O–H groups in total. The van der Waals surface area contributed by atoms with E-state index in [-0.39, 0.29) is 37.9 Å². The SMILES string of the molecule is Cn1c(N2CC[C@H](O)C2)nc2cc(C(=O)N3CCC(F)(F)CC3)ccc21. The van der Waals surface area contributed by atoms with Crippen LogP contribution < -0.4 is 4.90 Å². The maximum Gasteiger partial charge on any atom is 0.253 e. The summed E-state index contributed by atoms with van der Waals surface area (Å²) in [6.07, 6.45) is -0.200. The lowest BCUT2D eigenvalue weighted by Crippen LogP contribution is -2.42. The van der Waals surface area contributed by atoms with Crippen molar-refractivity contribution in [1.82, 2.24) is 14.5 Å². The van der Waals surface area contributed by atoms with E-state index in [4.69, 9.17) is 0 Å². The Morgan fingerprint density at radius 1 is 1.27 bits per heavy atom. The lowest BCUT2D eigenvalue weighted by atomic mass is 10.1. The Morgan fingerprint density at radius 3 is 2.65 bits per heavy atom. The van der Waals surface area contributed by atoms with Crippen molar-refractivity contribution in [3.05, 3.63) is 23.8 Å². The Balaban J connectivity index is 1.58. The minimum Gasteiger partial charge on any atom is -0.391 e. The van der Waals surface area contributed by atoms with E-state index >= 15 is 0 Å². The number of nitrogens with zero attached hydrogens (tertiary/aromatic N) is 4. The number of aromatic nitrogens is 2. The number of aliphatic hydroxyl groups excluding tert-OH is 1. The second-order valence-corrected chi connectivity index (χ2v) is 7.21. The van der Waals surface area contributed by atoms with Crippen molar-refractivity contribution >= 4 is 22.9 Å². The third-order valence-corrected chi connectivity index (χ3v) is 5.33. The van der Waals surface area contributed by atoms with Crippen LogP contribution >= 0.6 is 0 Å². The molecule has 0 bridgehead atoms. The second-order valence-electron chi connectivity index (χ2n) is 7.21. The van der Waals surface area contributed by atoms with Crippen LogP contribution in [0.25, 0.3) is 11.0 Å². The zero-order valence-electron chi connectivity index (χ0n) is 14.7. The molecule has 1 aromatic heterocycles. The van der Waals surface area contributed by atoms with E-state index in [0.717, 1.165) is 18.0 Å². The standard InChI is InChI=1S/C18H22F2N4O2/c1-22-15-3-2-12(16(26)23-8-5-18(19,20)6-9-23)10-14(15)21-17(22)24-7-4-13(25)11-24/h2-3,10,13,25H,4-9,11H2,1H3/t13-/m0/s1. The molecule has 2 aromatic rings. The first-order valence-corrected chi connectivity index (χ1v) is 8.91. The molecule has 3 heterocycles. The number of rotatable bonds is 2. The number of aryl methyl sites for hydroxylation is 1. The van der Waals surface area contributed by atoms with E-state index in [1.54, 1.807) is 12.1 Å². The average Bonchev–Trinajstić information content (AvgIpc) is 3.17. The molecule has 2 fully saturated rings. The Morgan fingerprint density at radius 2 is 2.00 bits per heavy atom. The van der Waals surface area contributed by atoms with Crippen molar-refractivity contribution in [2.75, 3.05) is 31.1 Å². The Bertz CT molecular complexity index is 841. The van der Waals surface area contributed by atoms with Crippen molar-refractivity contribution in [3.8, 4) is 0 Å². The van der Waals surface area contributed by atoms with E-state index in [9.17, 15) is 18.7 Å². The molecule has 1 aromatic carbocycles. The fourth-order valence-electron chi connectivity index (χ4n) is 3.75. The first-order valence-electron chi connectivity index (χ1n) is 8.91. The summed E-state index contributed by atoms with van der Waals surface area (Å²) >= 11 is 0. The number of hydrogen-bond donors (Lipinski definition) is 1. The monoisotopic (exact) mass is 364 g/mol. The molecule has 0 saturated carbocycles. The molecular formula is C18H22F2N4O2. The third-order valence-electron chi connectivity index (χ3n) is 5.33. The minimum atomic E-state index is -2.67. The van der Waals surface area contributed by atoms with Gasteiger partial charge >= 0.3 is 0 Å². The molecular weight excluding hydrogens is 342 g/mol. The molecule has 1 atom stereocenters. The van der Waals surface area contributed by atoms with Crippen molar-refractivity contribution in [2.45, 2.75) is 31.3 Å². The van der Waals surface area contributed by atoms with Gasteiger partial charge in [-0.3, -0.25) is 4.79 Å². The molecule has 140 valence electrons. The first kappa shape index (κ1) is 17.2. The summed E-state index contributed by atoms with van der Waals surface area (Å²) in [4.78, 5) is 20.8. The summed E-state index contributed by atoms with van der Waals surface area (Å²) < 4.78 is 28.6. The number of hydrogen-bond acceptors (Lipinski definition) is 4. The second kappa shape index (κ2) is 6.19. The molecule has 8 heteroatoms. The van der Waals surface area contributed by atoms with Crippen LogP contribution in [-0.2, 0) is 7.05 Å². The number of carbonyl (C=O) groups excluding carboxylic acids is 1. The average molecular weight is 364 g/mol. The zero-order valence-corrected chi connectivity index (χ0v) is 14.7. The van der Waals surface area contributed by atoms with Crippen LogP contribution in [0.5, 0.6) is 0 Å². The largest absolute Gasteiger partial charge is 0.391 e. The molecule has 4 rings (SSSR count). The van der Waals surface area contributed by atoms with Crippen LogP contribution in [0.4, 0.5) is 14.7 Å². The molecule has 2 saturated heterocycles. The van der Waals surface area contributed by atoms with Crippen LogP contribution in [0, 0.1) is 0 Å². The highest BCUT2D eigenvalue weighted by Gasteiger charge is 2.36. The number of piperidine rings is 1. The number of alkyl halides is 2. The van der Waals surface area contributed by atoms with Crippen molar-refractivity contribution in [1.29, 1.82) is 0 Å². The molecule has 0 spiro atoms. The highest BCUT2D eigenvalue weighted by molar-refractivity contribution is 5.97. The highest BCUT2D eigenvalue weighted by Crippen LogP contribution is 2.29. The molecule has 0 radical (unpaired) electrons. The van der Waals surface area contributed by atoms with Gasteiger partial charge < -0.3 is 19.5 Å². The number of imidazole rings is 1. The van der Waals surface area contributed by atoms with E-state index in [0.29, 0.717) is 24.0 Å². The molecule has 2 aliphatic heterocycles. The number of amides is 1. The number of likely N-dealkylation sites (tertiary alicyclic amines) is 1. The smallest absolute Gasteiger partial charge is 0.253 e. The summed E-state index contributed by atoms with van der Waals surface area (Å²) in [6, 6.07) is 5.28.